The summed E-state index contributed by atoms with van der Waals surface area (Å²) in [5.41, 5.74) is 12.1. The summed E-state index contributed by atoms with van der Waals surface area (Å²) in [4.78, 5) is 0. The highest BCUT2D eigenvalue weighted by atomic mass is 19.3. The van der Waals surface area contributed by atoms with E-state index in [1.165, 1.54) is 17.9 Å². The smallest absolute Gasteiger partial charge is 0.393 e. The van der Waals surface area contributed by atoms with Crippen molar-refractivity contribution in [3.63, 3.8) is 0 Å². The van der Waals surface area contributed by atoms with Gasteiger partial charge in [-0.15, -0.1) is 0 Å². The molecule has 2 aromatic heterocycles. The van der Waals surface area contributed by atoms with Crippen molar-refractivity contribution in [1.29, 1.82) is 0 Å². The number of fused-ring (bicyclic) bond motifs is 4. The van der Waals surface area contributed by atoms with Gasteiger partial charge in [0.2, 0.25) is 0 Å². The molecule has 0 saturated carbocycles. The molecule has 0 bridgehead atoms. The number of rotatable bonds is 2. The van der Waals surface area contributed by atoms with E-state index in [4.69, 9.17) is 0 Å². The van der Waals surface area contributed by atoms with E-state index in [1.807, 2.05) is 125 Å². The third kappa shape index (κ3) is 5.14. The van der Waals surface area contributed by atoms with Gasteiger partial charge in [-0.3, -0.25) is 0 Å². The maximum absolute atomic E-state index is 16.8. The minimum Gasteiger partial charge on any atom is -0.393 e. The molecule has 0 N–H and O–H groups in total. The van der Waals surface area contributed by atoms with Crippen LogP contribution in [0, 0.1) is 51.4 Å². The fourth-order valence-electron chi connectivity index (χ4n) is 9.72. The van der Waals surface area contributed by atoms with Crippen LogP contribution in [0.1, 0.15) is 83.9 Å². The van der Waals surface area contributed by atoms with Crippen molar-refractivity contribution >= 4 is 36.5 Å². The summed E-state index contributed by atoms with van der Waals surface area (Å²) in [5, 5.41) is 0. The minimum absolute atomic E-state index is 0.383. The fourth-order valence-corrected chi connectivity index (χ4v) is 9.72. The van der Waals surface area contributed by atoms with Crippen LogP contribution >= 0.6 is 0 Å². The highest BCUT2D eigenvalue weighted by Crippen LogP contribution is 2.47. The third-order valence-electron chi connectivity index (χ3n) is 12.1. The molecule has 4 aliphatic rings. The Morgan fingerprint density at radius 2 is 0.810 bits per heavy atom. The van der Waals surface area contributed by atoms with Crippen LogP contribution in [-0.2, 0) is 0 Å². The molecule has 0 fully saturated rings. The first-order valence-electron chi connectivity index (χ1n) is 19.5. The van der Waals surface area contributed by atoms with Crippen LogP contribution in [0.25, 0.3) is 11.1 Å². The van der Waals surface area contributed by atoms with Crippen molar-refractivity contribution in [2.24, 2.45) is 0 Å². The number of hydrogen-bond donors (Lipinski definition) is 0. The van der Waals surface area contributed by atoms with Crippen molar-refractivity contribution in [1.82, 2.24) is 8.96 Å². The van der Waals surface area contributed by atoms with Gasteiger partial charge in [-0.2, -0.15) is 0 Å². The standard InChI is InChI=1S/C48H40B2F4N4/c1-29-27-31(3)55-45(29)43(39-19-11-9-12-20-39)47-33(5)41(35(7)57(47)49(55,51)52)25-23-37-17-15-16-18-38(37)24-26-42-34(6)48-44(40-21-13-10-14-22-40)46-30(2)28-32(4)56(46)50(53,54)58(48)36(42)8/h9-22,27-28H,1-8H3. The zero-order chi connectivity index (χ0) is 41.0. The van der Waals surface area contributed by atoms with Crippen molar-refractivity contribution in [2.75, 3.05) is 0 Å². The lowest BCUT2D eigenvalue weighted by Gasteiger charge is -2.34. The van der Waals surface area contributed by atoms with Gasteiger partial charge in [0.25, 0.3) is 0 Å². The van der Waals surface area contributed by atoms with Crippen LogP contribution in [0.15, 0.2) is 131 Å². The molecule has 4 nitrogen and oxygen atoms in total. The van der Waals surface area contributed by atoms with E-state index in [0.717, 1.165) is 33.4 Å². The van der Waals surface area contributed by atoms with Crippen molar-refractivity contribution < 1.29 is 26.2 Å². The van der Waals surface area contributed by atoms with Gasteiger partial charge < -0.3 is 35.2 Å². The SMILES string of the molecule is CC1=C(C#Cc2ccccc2C#CC2=C(C)C3=C(c4ccccc4)c4c(C)cc(C)n4[B-](F)(F)[N+]3=C2C)C(C)=[N+]2C1=C(c1ccccc1)c1c(C)cc(C)n1[B-]2(F)F. The number of nitrogens with zero attached hydrogens (tertiary/aromatic N) is 4. The van der Waals surface area contributed by atoms with E-state index in [2.05, 4.69) is 23.7 Å². The molecule has 9 rings (SSSR count). The molecule has 0 amide bonds. The summed E-state index contributed by atoms with van der Waals surface area (Å²) in [6.45, 7) is 5.91. The van der Waals surface area contributed by atoms with Crippen LogP contribution in [0.4, 0.5) is 17.3 Å². The summed E-state index contributed by atoms with van der Waals surface area (Å²) in [5.74, 6) is 13.1. The third-order valence-corrected chi connectivity index (χ3v) is 12.1. The lowest BCUT2D eigenvalue weighted by atomic mass is 9.84. The van der Waals surface area contributed by atoms with Crippen LogP contribution in [-0.4, -0.2) is 43.3 Å². The summed E-state index contributed by atoms with van der Waals surface area (Å²) in [7, 11) is 0. The number of aromatic nitrogens is 2. The second-order valence-electron chi connectivity index (χ2n) is 15.7. The highest BCUT2D eigenvalue weighted by Gasteiger charge is 2.58. The molecule has 0 saturated heterocycles. The van der Waals surface area contributed by atoms with E-state index in [1.54, 1.807) is 27.7 Å². The molecule has 4 aliphatic heterocycles. The summed E-state index contributed by atoms with van der Waals surface area (Å²) < 4.78 is 71.8. The summed E-state index contributed by atoms with van der Waals surface area (Å²) in [6, 6.07) is 30.4. The topological polar surface area (TPSA) is 15.9 Å². The Bertz CT molecular complexity index is 2810. The van der Waals surface area contributed by atoms with Crippen molar-refractivity contribution in [3.8, 4) is 23.7 Å². The van der Waals surface area contributed by atoms with Crippen molar-refractivity contribution in [3.05, 3.63) is 187 Å². The second kappa shape index (κ2) is 13.0. The normalized spacial score (nSPS) is 17.6. The van der Waals surface area contributed by atoms with Gasteiger partial charge in [-0.05, 0) is 99.4 Å². The monoisotopic (exact) mass is 770 g/mol. The number of hydrogen-bond acceptors (Lipinski definition) is 0. The Balaban J connectivity index is 1.18. The van der Waals surface area contributed by atoms with Gasteiger partial charge in [-0.25, -0.2) is 0 Å². The zero-order valence-electron chi connectivity index (χ0n) is 33.7. The van der Waals surface area contributed by atoms with Gasteiger partial charge in [0.15, 0.2) is 11.4 Å². The molecule has 6 heterocycles. The average Bonchev–Trinajstić information content (AvgIpc) is 3.85. The van der Waals surface area contributed by atoms with Crippen molar-refractivity contribution in [2.45, 2.75) is 55.4 Å². The average molecular weight is 770 g/mol. The minimum atomic E-state index is -4.22. The lowest BCUT2D eigenvalue weighted by Crippen LogP contribution is -2.51. The highest BCUT2D eigenvalue weighted by molar-refractivity contribution is 6.59. The van der Waals surface area contributed by atoms with E-state index in [-0.39, 0.29) is 0 Å². The quantitative estimate of drug-likeness (QED) is 0.0966. The summed E-state index contributed by atoms with van der Waals surface area (Å²) in [6.07, 6.45) is 0. The fraction of sp³-hybridized carbons (Fsp3) is 0.167. The largest absolute Gasteiger partial charge is 0.737 e. The Morgan fingerprint density at radius 1 is 0.466 bits per heavy atom. The van der Waals surface area contributed by atoms with E-state index >= 15 is 17.3 Å². The van der Waals surface area contributed by atoms with Crippen LogP contribution in [0.3, 0.4) is 0 Å². The number of allylic oxidation sites excluding steroid dienone is 4. The molecule has 286 valence electrons. The first kappa shape index (κ1) is 37.1. The zero-order valence-corrected chi connectivity index (χ0v) is 33.7. The van der Waals surface area contributed by atoms with Gasteiger partial charge in [0.05, 0.1) is 22.3 Å². The van der Waals surface area contributed by atoms with Gasteiger partial charge in [0, 0.05) is 47.5 Å². The molecule has 0 radical (unpaired) electrons. The molecule has 3 aromatic carbocycles. The molecular weight excluding hydrogens is 730 g/mol. The predicted octanol–water partition coefficient (Wildman–Crippen LogP) is 10.2. The van der Waals surface area contributed by atoms with Gasteiger partial charge >= 0.3 is 13.9 Å². The molecule has 10 heteroatoms. The molecule has 58 heavy (non-hydrogen) atoms. The maximum atomic E-state index is 16.8. The first-order valence-corrected chi connectivity index (χ1v) is 19.5. The van der Waals surface area contributed by atoms with Crippen LogP contribution in [0.5, 0.6) is 0 Å². The van der Waals surface area contributed by atoms with Crippen LogP contribution < -0.4 is 0 Å². The van der Waals surface area contributed by atoms with E-state index < -0.39 is 13.9 Å². The second-order valence-corrected chi connectivity index (χ2v) is 15.7. The number of aryl methyl sites for hydroxylation is 4. The lowest BCUT2D eigenvalue weighted by molar-refractivity contribution is -0.364. The van der Waals surface area contributed by atoms with Gasteiger partial charge in [0.1, 0.15) is 11.4 Å². The molecule has 0 atom stereocenters. The number of benzene rings is 3. The number of halogens is 4. The molecule has 0 unspecified atom stereocenters. The first-order chi connectivity index (χ1) is 27.7. The Hall–Kier alpha value is -6.51. The van der Waals surface area contributed by atoms with Crippen LogP contribution in [0.2, 0.25) is 0 Å². The Kier molecular flexibility index (Phi) is 8.32. The maximum Gasteiger partial charge on any atom is 0.737 e. The van der Waals surface area contributed by atoms with E-state index in [0.29, 0.717) is 79.0 Å². The Labute approximate surface area is 336 Å². The predicted molar refractivity (Wildman–Crippen MR) is 227 cm³/mol. The Morgan fingerprint density at radius 3 is 1.17 bits per heavy atom. The molecular formula is C48H40B2F4N4. The summed E-state index contributed by atoms with van der Waals surface area (Å²) >= 11 is 0. The van der Waals surface area contributed by atoms with E-state index in [9.17, 15) is 0 Å². The molecule has 5 aromatic rings. The molecule has 0 spiro atoms. The molecule has 0 aliphatic carbocycles. The van der Waals surface area contributed by atoms with Gasteiger partial charge in [-0.1, -0.05) is 96.5 Å².